The van der Waals surface area contributed by atoms with Crippen LogP contribution in [0.4, 0.5) is 5.69 Å². The van der Waals surface area contributed by atoms with Crippen LogP contribution in [-0.2, 0) is 16.2 Å². The van der Waals surface area contributed by atoms with E-state index in [1.54, 1.807) is 24.3 Å². The maximum Gasteiger partial charge on any atom is 0.225 e. The van der Waals surface area contributed by atoms with Gasteiger partial charge in [0.15, 0.2) is 0 Å². The van der Waals surface area contributed by atoms with Crippen molar-refractivity contribution in [2.75, 3.05) is 5.32 Å². The van der Waals surface area contributed by atoms with Crippen molar-refractivity contribution in [1.29, 1.82) is 0 Å². The van der Waals surface area contributed by atoms with Crippen molar-refractivity contribution in [3.05, 3.63) is 65.3 Å². The van der Waals surface area contributed by atoms with Crippen LogP contribution in [0.3, 0.4) is 0 Å². The van der Waals surface area contributed by atoms with Crippen molar-refractivity contribution in [3.8, 4) is 5.75 Å². The number of amides is 2. The second kappa shape index (κ2) is 9.79. The number of anilines is 1. The third-order valence-electron chi connectivity index (χ3n) is 5.59. The molecule has 7 heteroatoms. The molecule has 0 bridgehead atoms. The van der Waals surface area contributed by atoms with Gasteiger partial charge < -0.3 is 15.8 Å². The lowest BCUT2D eigenvalue weighted by atomic mass is 9.78. The minimum Gasteiger partial charge on any atom is -0.487 e. The Balaban J connectivity index is 1.65. The predicted molar refractivity (Wildman–Crippen MR) is 123 cm³/mol. The van der Waals surface area contributed by atoms with Gasteiger partial charge >= 0.3 is 0 Å². The molecule has 6 nitrogen and oxygen atoms in total. The molecule has 0 spiro atoms. The highest BCUT2D eigenvalue weighted by atomic mass is 35.5. The third kappa shape index (κ3) is 5.52. The van der Waals surface area contributed by atoms with Crippen LogP contribution in [0.2, 0.25) is 5.02 Å². The van der Waals surface area contributed by atoms with Crippen LogP contribution in [0.25, 0.3) is 10.9 Å². The zero-order valence-electron chi connectivity index (χ0n) is 17.7. The Morgan fingerprint density at radius 1 is 1.10 bits per heavy atom. The van der Waals surface area contributed by atoms with E-state index < -0.39 is 11.3 Å². The fraction of sp³-hybridized carbons (Fsp3) is 0.292. The number of aromatic nitrogens is 1. The van der Waals surface area contributed by atoms with E-state index in [9.17, 15) is 9.59 Å². The summed E-state index contributed by atoms with van der Waals surface area (Å²) in [6.07, 6.45) is 1.07. The highest BCUT2D eigenvalue weighted by molar-refractivity contribution is 6.31. The quantitative estimate of drug-likeness (QED) is 0.485. The minimum atomic E-state index is -0.831. The van der Waals surface area contributed by atoms with E-state index in [4.69, 9.17) is 22.1 Å². The lowest BCUT2D eigenvalue weighted by Gasteiger charge is -2.27. The number of carbonyl (C=O) groups excluding carboxylic acids is 2. The van der Waals surface area contributed by atoms with Gasteiger partial charge in [-0.15, -0.1) is 0 Å². The summed E-state index contributed by atoms with van der Waals surface area (Å²) in [5.74, 6) is -0.112. The van der Waals surface area contributed by atoms with E-state index in [1.165, 1.54) is 0 Å². The molecule has 3 aromatic rings. The van der Waals surface area contributed by atoms with Crippen LogP contribution >= 0.6 is 11.6 Å². The van der Waals surface area contributed by atoms with Crippen molar-refractivity contribution in [1.82, 2.24) is 4.98 Å². The highest BCUT2D eigenvalue weighted by Crippen LogP contribution is 2.31. The Morgan fingerprint density at radius 2 is 1.84 bits per heavy atom. The zero-order chi connectivity index (χ0) is 22.4. The number of benzene rings is 2. The van der Waals surface area contributed by atoms with Gasteiger partial charge in [0.2, 0.25) is 11.8 Å². The standard InChI is InChI=1S/C24H26ClN3O3/c1-3-24(4-2,23(26)30)14-22(29)28-18-6-5-7-20(13-18)31-15-19-11-9-16-8-10-17(25)12-21(16)27-19/h5-13H,3-4,14-15H2,1-2H3,(H2,26,30)(H,28,29). The first kappa shape index (κ1) is 22.6. The van der Waals surface area contributed by atoms with Crippen LogP contribution < -0.4 is 15.8 Å². The van der Waals surface area contributed by atoms with Gasteiger partial charge in [-0.2, -0.15) is 0 Å². The Morgan fingerprint density at radius 3 is 2.55 bits per heavy atom. The van der Waals surface area contributed by atoms with Gasteiger partial charge in [-0.25, -0.2) is 4.98 Å². The fourth-order valence-corrected chi connectivity index (χ4v) is 3.65. The second-order valence-corrected chi connectivity index (χ2v) is 7.97. The number of nitrogens with zero attached hydrogens (tertiary/aromatic N) is 1. The molecule has 31 heavy (non-hydrogen) atoms. The number of nitrogens with one attached hydrogen (secondary N) is 1. The van der Waals surface area contributed by atoms with E-state index in [-0.39, 0.29) is 18.9 Å². The molecule has 0 saturated heterocycles. The molecule has 0 atom stereocenters. The number of hydrogen-bond acceptors (Lipinski definition) is 4. The van der Waals surface area contributed by atoms with Gasteiger partial charge in [-0.3, -0.25) is 9.59 Å². The van der Waals surface area contributed by atoms with Crippen molar-refractivity contribution < 1.29 is 14.3 Å². The number of hydrogen-bond donors (Lipinski definition) is 2. The molecule has 2 amide bonds. The Kier molecular flexibility index (Phi) is 7.13. The van der Waals surface area contributed by atoms with Crippen molar-refractivity contribution >= 4 is 40.0 Å². The first-order valence-electron chi connectivity index (χ1n) is 10.2. The number of nitrogens with two attached hydrogens (primary N) is 1. The normalized spacial score (nSPS) is 11.3. The summed E-state index contributed by atoms with van der Waals surface area (Å²) in [5, 5.41) is 4.47. The van der Waals surface area contributed by atoms with Gasteiger partial charge in [0.25, 0.3) is 0 Å². The van der Waals surface area contributed by atoms with Gasteiger partial charge in [0, 0.05) is 28.6 Å². The average Bonchev–Trinajstić information content (AvgIpc) is 2.75. The molecule has 0 aliphatic rings. The number of carbonyl (C=O) groups is 2. The first-order chi connectivity index (χ1) is 14.8. The number of halogens is 1. The highest BCUT2D eigenvalue weighted by Gasteiger charge is 2.35. The average molecular weight is 440 g/mol. The molecule has 1 aromatic heterocycles. The third-order valence-corrected chi connectivity index (χ3v) is 5.83. The molecule has 2 aromatic carbocycles. The predicted octanol–water partition coefficient (Wildman–Crippen LogP) is 5.09. The van der Waals surface area contributed by atoms with Crippen molar-refractivity contribution in [2.45, 2.75) is 39.7 Å². The molecule has 0 fully saturated rings. The Labute approximate surface area is 186 Å². The van der Waals surface area contributed by atoms with Crippen molar-refractivity contribution in [3.63, 3.8) is 0 Å². The summed E-state index contributed by atoms with van der Waals surface area (Å²) in [6.45, 7) is 4.01. The largest absolute Gasteiger partial charge is 0.487 e. The zero-order valence-corrected chi connectivity index (χ0v) is 18.4. The maximum absolute atomic E-state index is 12.5. The minimum absolute atomic E-state index is 0.0456. The second-order valence-electron chi connectivity index (χ2n) is 7.53. The summed E-state index contributed by atoms with van der Waals surface area (Å²) < 4.78 is 5.85. The van der Waals surface area contributed by atoms with E-state index >= 15 is 0 Å². The van der Waals surface area contributed by atoms with Crippen LogP contribution in [0.15, 0.2) is 54.6 Å². The van der Waals surface area contributed by atoms with E-state index in [1.807, 2.05) is 44.2 Å². The van der Waals surface area contributed by atoms with E-state index in [0.717, 1.165) is 16.6 Å². The van der Waals surface area contributed by atoms with Gasteiger partial charge in [-0.1, -0.05) is 43.6 Å². The molecule has 0 radical (unpaired) electrons. The van der Waals surface area contributed by atoms with E-state index in [0.29, 0.717) is 29.3 Å². The van der Waals surface area contributed by atoms with E-state index in [2.05, 4.69) is 10.3 Å². The number of ether oxygens (including phenoxy) is 1. The molecule has 0 saturated carbocycles. The molecular formula is C24H26ClN3O3. The molecule has 3 N–H and O–H groups in total. The fourth-order valence-electron chi connectivity index (χ4n) is 3.48. The van der Waals surface area contributed by atoms with Crippen LogP contribution in [-0.4, -0.2) is 16.8 Å². The molecule has 0 aliphatic heterocycles. The summed E-state index contributed by atoms with van der Waals surface area (Å²) in [4.78, 5) is 28.9. The monoisotopic (exact) mass is 439 g/mol. The molecule has 162 valence electrons. The molecule has 0 unspecified atom stereocenters. The number of rotatable bonds is 9. The first-order valence-corrected chi connectivity index (χ1v) is 10.6. The SMILES string of the molecule is CCC(CC)(CC(=O)Nc1cccc(OCc2ccc3ccc(Cl)cc3n2)c1)C(N)=O. The van der Waals surface area contributed by atoms with Gasteiger partial charge in [0.05, 0.1) is 16.6 Å². The summed E-state index contributed by atoms with van der Waals surface area (Å²) in [7, 11) is 0. The smallest absolute Gasteiger partial charge is 0.225 e. The van der Waals surface area contributed by atoms with Crippen LogP contribution in [0.1, 0.15) is 38.8 Å². The van der Waals surface area contributed by atoms with Gasteiger partial charge in [-0.05, 0) is 43.2 Å². The summed E-state index contributed by atoms with van der Waals surface area (Å²) in [6, 6.07) is 16.5. The topological polar surface area (TPSA) is 94.3 Å². The Hall–Kier alpha value is -3.12. The summed E-state index contributed by atoms with van der Waals surface area (Å²) in [5.41, 5.74) is 6.87. The summed E-state index contributed by atoms with van der Waals surface area (Å²) >= 11 is 6.05. The number of primary amides is 1. The van der Waals surface area contributed by atoms with Gasteiger partial charge in [0.1, 0.15) is 12.4 Å². The number of pyridine rings is 1. The van der Waals surface area contributed by atoms with Crippen LogP contribution in [0.5, 0.6) is 5.75 Å². The lowest BCUT2D eigenvalue weighted by Crippen LogP contribution is -2.39. The molecule has 1 heterocycles. The molecule has 0 aliphatic carbocycles. The Bertz CT molecular complexity index is 1100. The maximum atomic E-state index is 12.5. The molecular weight excluding hydrogens is 414 g/mol. The lowest BCUT2D eigenvalue weighted by molar-refractivity contribution is -0.132. The van der Waals surface area contributed by atoms with Crippen molar-refractivity contribution in [2.24, 2.45) is 11.1 Å². The molecule has 3 rings (SSSR count). The van der Waals surface area contributed by atoms with Crippen LogP contribution in [0, 0.1) is 5.41 Å². The number of fused-ring (bicyclic) bond motifs is 1.